The molecular weight excluding hydrogens is 402 g/mol. The van der Waals surface area contributed by atoms with E-state index in [0.717, 1.165) is 25.7 Å². The van der Waals surface area contributed by atoms with E-state index in [9.17, 15) is 13.2 Å². The lowest BCUT2D eigenvalue weighted by atomic mass is 9.91. The highest BCUT2D eigenvalue weighted by molar-refractivity contribution is 7.89. The summed E-state index contributed by atoms with van der Waals surface area (Å²) >= 11 is 0. The number of nitrogens with one attached hydrogen (secondary N) is 1. The second kappa shape index (κ2) is 10.5. The molecule has 1 aromatic carbocycles. The van der Waals surface area contributed by atoms with Crippen LogP contribution in [0.1, 0.15) is 25.7 Å². The first-order chi connectivity index (χ1) is 13.0. The summed E-state index contributed by atoms with van der Waals surface area (Å²) in [7, 11) is -3.43. The molecule has 2 fully saturated rings. The molecule has 2 heterocycles. The van der Waals surface area contributed by atoms with Gasteiger partial charge in [0.1, 0.15) is 0 Å². The maximum Gasteiger partial charge on any atom is 0.243 e. The third-order valence-corrected chi connectivity index (χ3v) is 7.51. The molecule has 9 heteroatoms. The lowest BCUT2D eigenvalue weighted by Gasteiger charge is -2.32. The maximum absolute atomic E-state index is 12.7. The number of nitrogens with zero attached hydrogens (tertiary/aromatic N) is 1. The maximum atomic E-state index is 12.7. The van der Waals surface area contributed by atoms with Crippen LogP contribution in [0.4, 0.5) is 0 Å². The van der Waals surface area contributed by atoms with E-state index in [-0.39, 0.29) is 30.2 Å². The standard InChI is InChI=1S/C19H29N3O4S.ClH/c20-18(16-8-12-26-13-9-16)19(23)21-14-15-6-10-22(11-7-15)27(24,25)17-4-2-1-3-5-17;/h1-5,15-16,18H,6-14,20H2,(H,21,23);1H. The first-order valence-corrected chi connectivity index (χ1v) is 11.1. The van der Waals surface area contributed by atoms with Crippen molar-refractivity contribution in [1.82, 2.24) is 9.62 Å². The molecule has 1 amide bonds. The van der Waals surface area contributed by atoms with Crippen LogP contribution in [0.15, 0.2) is 35.2 Å². The fourth-order valence-electron chi connectivity index (χ4n) is 3.75. The van der Waals surface area contributed by atoms with Gasteiger partial charge in [-0.15, -0.1) is 12.4 Å². The second-order valence-corrected chi connectivity index (χ2v) is 9.32. The number of carbonyl (C=O) groups is 1. The molecule has 3 rings (SSSR count). The number of benzene rings is 1. The summed E-state index contributed by atoms with van der Waals surface area (Å²) in [6.45, 7) is 2.84. The predicted molar refractivity (Wildman–Crippen MR) is 110 cm³/mol. The molecular formula is C19H30ClN3O4S. The minimum Gasteiger partial charge on any atom is -0.381 e. The quantitative estimate of drug-likeness (QED) is 0.708. The molecule has 0 spiro atoms. The van der Waals surface area contributed by atoms with E-state index in [1.165, 1.54) is 4.31 Å². The number of sulfonamides is 1. The molecule has 2 saturated heterocycles. The van der Waals surface area contributed by atoms with Crippen molar-refractivity contribution < 1.29 is 17.9 Å². The second-order valence-electron chi connectivity index (χ2n) is 7.38. The van der Waals surface area contributed by atoms with Gasteiger partial charge >= 0.3 is 0 Å². The minimum absolute atomic E-state index is 0. The van der Waals surface area contributed by atoms with Crippen LogP contribution in [0, 0.1) is 11.8 Å². The van der Waals surface area contributed by atoms with E-state index in [4.69, 9.17) is 10.5 Å². The van der Waals surface area contributed by atoms with Crippen LogP contribution < -0.4 is 11.1 Å². The zero-order chi connectivity index (χ0) is 19.3. The first kappa shape index (κ1) is 23.1. The molecule has 2 aliphatic rings. The van der Waals surface area contributed by atoms with Gasteiger partial charge in [0, 0.05) is 32.8 Å². The molecule has 1 atom stereocenters. The van der Waals surface area contributed by atoms with Crippen molar-refractivity contribution in [3.05, 3.63) is 30.3 Å². The lowest BCUT2D eigenvalue weighted by Crippen LogP contribution is -2.49. The van der Waals surface area contributed by atoms with Crippen LogP contribution in [-0.4, -0.2) is 57.5 Å². The Kier molecular flexibility index (Phi) is 8.70. The number of hydrogen-bond donors (Lipinski definition) is 2. The minimum atomic E-state index is -3.43. The van der Waals surface area contributed by atoms with E-state index in [0.29, 0.717) is 37.7 Å². The van der Waals surface area contributed by atoms with Gasteiger partial charge in [-0.3, -0.25) is 4.79 Å². The number of rotatable bonds is 6. The lowest BCUT2D eigenvalue weighted by molar-refractivity contribution is -0.124. The number of ether oxygens (including phenoxy) is 1. The van der Waals surface area contributed by atoms with Gasteiger partial charge < -0.3 is 15.8 Å². The summed E-state index contributed by atoms with van der Waals surface area (Å²) in [6, 6.07) is 8.03. The largest absolute Gasteiger partial charge is 0.381 e. The van der Waals surface area contributed by atoms with E-state index in [1.807, 2.05) is 0 Å². The molecule has 0 radical (unpaired) electrons. The molecule has 0 aliphatic carbocycles. The van der Waals surface area contributed by atoms with E-state index >= 15 is 0 Å². The molecule has 28 heavy (non-hydrogen) atoms. The van der Waals surface area contributed by atoms with Gasteiger partial charge in [-0.05, 0) is 49.7 Å². The third-order valence-electron chi connectivity index (χ3n) is 5.60. The summed E-state index contributed by atoms with van der Waals surface area (Å²) in [6.07, 6.45) is 3.12. The third kappa shape index (κ3) is 5.67. The molecule has 1 aromatic rings. The van der Waals surface area contributed by atoms with Crippen LogP contribution >= 0.6 is 12.4 Å². The highest BCUT2D eigenvalue weighted by atomic mass is 35.5. The van der Waals surface area contributed by atoms with Crippen LogP contribution in [0.5, 0.6) is 0 Å². The van der Waals surface area contributed by atoms with Crippen LogP contribution in [-0.2, 0) is 19.6 Å². The van der Waals surface area contributed by atoms with E-state index < -0.39 is 16.1 Å². The summed E-state index contributed by atoms with van der Waals surface area (Å²) in [5, 5.41) is 2.96. The molecule has 158 valence electrons. The molecule has 1 unspecified atom stereocenters. The molecule has 3 N–H and O–H groups in total. The van der Waals surface area contributed by atoms with Gasteiger partial charge in [0.05, 0.1) is 10.9 Å². The SMILES string of the molecule is Cl.NC(C(=O)NCC1CCN(S(=O)(=O)c2ccccc2)CC1)C1CCOCC1. The number of halogens is 1. The van der Waals surface area contributed by atoms with Gasteiger partial charge in [0.2, 0.25) is 15.9 Å². The number of hydrogen-bond acceptors (Lipinski definition) is 5. The van der Waals surface area contributed by atoms with Crippen molar-refractivity contribution in [2.45, 2.75) is 36.6 Å². The van der Waals surface area contributed by atoms with Gasteiger partial charge in [0.15, 0.2) is 0 Å². The van der Waals surface area contributed by atoms with Crippen molar-refractivity contribution >= 4 is 28.3 Å². The fourth-order valence-corrected chi connectivity index (χ4v) is 5.24. The number of nitrogens with two attached hydrogens (primary N) is 1. The zero-order valence-corrected chi connectivity index (χ0v) is 17.6. The van der Waals surface area contributed by atoms with E-state index in [1.54, 1.807) is 30.3 Å². The Morgan fingerprint density at radius 3 is 2.36 bits per heavy atom. The Balaban J connectivity index is 0.00000280. The highest BCUT2D eigenvalue weighted by Gasteiger charge is 2.30. The Morgan fingerprint density at radius 1 is 1.14 bits per heavy atom. The number of amides is 1. The number of piperidine rings is 1. The van der Waals surface area contributed by atoms with Gasteiger partial charge in [-0.2, -0.15) is 4.31 Å². The van der Waals surface area contributed by atoms with Crippen molar-refractivity contribution in [2.75, 3.05) is 32.8 Å². The molecule has 7 nitrogen and oxygen atoms in total. The molecule has 0 saturated carbocycles. The Hall–Kier alpha value is -1.19. The molecule has 0 aromatic heterocycles. The normalized spacial score (nSPS) is 20.9. The van der Waals surface area contributed by atoms with Gasteiger partial charge in [-0.25, -0.2) is 8.42 Å². The average Bonchev–Trinajstić information content (AvgIpc) is 2.73. The van der Waals surface area contributed by atoms with Crippen molar-refractivity contribution in [3.63, 3.8) is 0 Å². The zero-order valence-electron chi connectivity index (χ0n) is 16.0. The van der Waals surface area contributed by atoms with Crippen LogP contribution in [0.25, 0.3) is 0 Å². The van der Waals surface area contributed by atoms with Crippen molar-refractivity contribution in [2.24, 2.45) is 17.6 Å². The summed E-state index contributed by atoms with van der Waals surface area (Å²) in [5.41, 5.74) is 6.10. The summed E-state index contributed by atoms with van der Waals surface area (Å²) < 4.78 is 32.2. The van der Waals surface area contributed by atoms with Crippen LogP contribution in [0.3, 0.4) is 0 Å². The monoisotopic (exact) mass is 431 g/mol. The van der Waals surface area contributed by atoms with Crippen molar-refractivity contribution in [3.8, 4) is 0 Å². The average molecular weight is 432 g/mol. The predicted octanol–water partition coefficient (Wildman–Crippen LogP) is 1.38. The van der Waals surface area contributed by atoms with E-state index in [2.05, 4.69) is 5.32 Å². The molecule has 0 bridgehead atoms. The fraction of sp³-hybridized carbons (Fsp3) is 0.632. The van der Waals surface area contributed by atoms with Crippen LogP contribution in [0.2, 0.25) is 0 Å². The molecule has 2 aliphatic heterocycles. The first-order valence-electron chi connectivity index (χ1n) is 9.64. The smallest absolute Gasteiger partial charge is 0.243 e. The van der Waals surface area contributed by atoms with Gasteiger partial charge in [0.25, 0.3) is 0 Å². The Bertz CT molecular complexity index is 718. The van der Waals surface area contributed by atoms with Gasteiger partial charge in [-0.1, -0.05) is 18.2 Å². The summed E-state index contributed by atoms with van der Waals surface area (Å²) in [5.74, 6) is 0.343. The topological polar surface area (TPSA) is 102 Å². The number of carbonyl (C=O) groups excluding carboxylic acids is 1. The Labute approximate surface area is 173 Å². The summed E-state index contributed by atoms with van der Waals surface area (Å²) in [4.78, 5) is 12.6. The van der Waals surface area contributed by atoms with Crippen molar-refractivity contribution in [1.29, 1.82) is 0 Å². The highest BCUT2D eigenvalue weighted by Crippen LogP contribution is 2.23. The Morgan fingerprint density at radius 2 is 1.75 bits per heavy atom.